The lowest BCUT2D eigenvalue weighted by molar-refractivity contribution is 0.0149. The van der Waals surface area contributed by atoms with Crippen molar-refractivity contribution in [2.24, 2.45) is 0 Å². The minimum atomic E-state index is 0.272. The van der Waals surface area contributed by atoms with E-state index in [1.165, 1.54) is 44.6 Å². The largest absolute Gasteiger partial charge is 0.317 e. The summed E-state index contributed by atoms with van der Waals surface area (Å²) in [5.74, 6) is 0. The van der Waals surface area contributed by atoms with Gasteiger partial charge in [-0.3, -0.25) is 4.90 Å². The van der Waals surface area contributed by atoms with Crippen LogP contribution in [0.2, 0.25) is 0 Å². The third kappa shape index (κ3) is 2.55. The van der Waals surface area contributed by atoms with E-state index in [1.807, 2.05) is 0 Å². The topological polar surface area (TPSA) is 18.5 Å². The van der Waals surface area contributed by atoms with Crippen LogP contribution in [-0.2, 0) is 5.54 Å². The zero-order valence-electron chi connectivity index (χ0n) is 11.9. The molecular weight excluding hydrogens is 234 g/mol. The fourth-order valence-corrected chi connectivity index (χ4v) is 3.61. The quantitative estimate of drug-likeness (QED) is 0.868. The Morgan fingerprint density at radius 2 is 1.58 bits per heavy atom. The van der Waals surface area contributed by atoms with Gasteiger partial charge in [-0.15, -0.1) is 0 Å². The summed E-state index contributed by atoms with van der Waals surface area (Å²) in [6, 6.07) is 11.2. The van der Waals surface area contributed by atoms with Crippen LogP contribution in [-0.4, -0.2) is 56.1 Å². The van der Waals surface area contributed by atoms with E-state index in [1.54, 1.807) is 0 Å². The van der Waals surface area contributed by atoms with Crippen LogP contribution in [0.15, 0.2) is 30.3 Å². The summed E-state index contributed by atoms with van der Waals surface area (Å²) in [7, 11) is 2.23. The minimum absolute atomic E-state index is 0.272. The zero-order chi connectivity index (χ0) is 13.1. The smallest absolute Gasteiger partial charge is 0.0485 e. The zero-order valence-corrected chi connectivity index (χ0v) is 11.9. The lowest BCUT2D eigenvalue weighted by Crippen LogP contribution is -2.58. The number of nitrogens with zero attached hydrogens (tertiary/aromatic N) is 2. The molecule has 0 bridgehead atoms. The molecule has 0 aliphatic carbocycles. The Labute approximate surface area is 116 Å². The number of piperazine rings is 1. The van der Waals surface area contributed by atoms with Gasteiger partial charge in [0, 0.05) is 31.7 Å². The highest BCUT2D eigenvalue weighted by Crippen LogP contribution is 2.37. The van der Waals surface area contributed by atoms with E-state index in [2.05, 4.69) is 52.5 Å². The molecule has 0 aromatic heterocycles. The van der Waals surface area contributed by atoms with E-state index >= 15 is 0 Å². The van der Waals surface area contributed by atoms with Crippen molar-refractivity contribution in [1.29, 1.82) is 0 Å². The van der Waals surface area contributed by atoms with E-state index in [0.29, 0.717) is 0 Å². The summed E-state index contributed by atoms with van der Waals surface area (Å²) < 4.78 is 0. The molecule has 3 rings (SSSR count). The van der Waals surface area contributed by atoms with Crippen molar-refractivity contribution in [1.82, 2.24) is 15.1 Å². The first-order valence-electron chi connectivity index (χ1n) is 7.51. The van der Waals surface area contributed by atoms with Crippen molar-refractivity contribution in [3.8, 4) is 0 Å². The van der Waals surface area contributed by atoms with Crippen LogP contribution in [0.3, 0.4) is 0 Å². The molecule has 2 heterocycles. The summed E-state index contributed by atoms with van der Waals surface area (Å²) in [5, 5.41) is 3.52. The average molecular weight is 259 g/mol. The molecular formula is C16H25N3. The number of piperidine rings is 1. The lowest BCUT2D eigenvalue weighted by atomic mass is 9.79. The lowest BCUT2D eigenvalue weighted by Gasteiger charge is -2.50. The molecule has 2 aliphatic rings. The average Bonchev–Trinajstić information content (AvgIpc) is 2.49. The molecule has 19 heavy (non-hydrogen) atoms. The van der Waals surface area contributed by atoms with Gasteiger partial charge in [0.1, 0.15) is 0 Å². The van der Waals surface area contributed by atoms with Gasteiger partial charge in [-0.05, 0) is 38.5 Å². The molecule has 1 aromatic carbocycles. The summed E-state index contributed by atoms with van der Waals surface area (Å²) in [6.45, 7) is 7.07. The molecule has 1 N–H and O–H groups in total. The highest BCUT2D eigenvalue weighted by molar-refractivity contribution is 5.26. The second-order valence-electron chi connectivity index (χ2n) is 5.94. The molecule has 1 aromatic rings. The summed E-state index contributed by atoms with van der Waals surface area (Å²) >= 11 is 0. The Morgan fingerprint density at radius 3 is 2.21 bits per heavy atom. The van der Waals surface area contributed by atoms with E-state index in [0.717, 1.165) is 13.1 Å². The molecule has 2 saturated heterocycles. The number of likely N-dealkylation sites (N-methyl/N-ethyl adjacent to an activating group) is 1. The highest BCUT2D eigenvalue weighted by Gasteiger charge is 2.40. The highest BCUT2D eigenvalue weighted by atomic mass is 15.3. The maximum Gasteiger partial charge on any atom is 0.0485 e. The van der Waals surface area contributed by atoms with Gasteiger partial charge in [0.25, 0.3) is 0 Å². The number of benzene rings is 1. The molecule has 0 atom stereocenters. The Hall–Kier alpha value is -0.900. The van der Waals surface area contributed by atoms with Gasteiger partial charge in [0.05, 0.1) is 0 Å². The first-order valence-corrected chi connectivity index (χ1v) is 7.51. The molecule has 0 saturated carbocycles. The maximum absolute atomic E-state index is 3.52. The van der Waals surface area contributed by atoms with Crippen LogP contribution in [0.5, 0.6) is 0 Å². The van der Waals surface area contributed by atoms with Crippen molar-refractivity contribution >= 4 is 0 Å². The first-order chi connectivity index (χ1) is 9.31. The second kappa shape index (κ2) is 5.61. The molecule has 104 valence electrons. The number of nitrogens with one attached hydrogen (secondary N) is 1. The normalized spacial score (nSPS) is 25.3. The second-order valence-corrected chi connectivity index (χ2v) is 5.94. The van der Waals surface area contributed by atoms with Crippen molar-refractivity contribution in [3.05, 3.63) is 35.9 Å². The van der Waals surface area contributed by atoms with E-state index in [-0.39, 0.29) is 5.54 Å². The molecule has 2 aliphatic heterocycles. The van der Waals surface area contributed by atoms with Crippen molar-refractivity contribution < 1.29 is 0 Å². The van der Waals surface area contributed by atoms with Crippen molar-refractivity contribution in [2.45, 2.75) is 18.4 Å². The summed E-state index contributed by atoms with van der Waals surface area (Å²) in [6.07, 6.45) is 2.47. The van der Waals surface area contributed by atoms with Gasteiger partial charge < -0.3 is 10.2 Å². The SMILES string of the molecule is CN1CCN(C2(c3ccccc3)CCNCC2)CC1. The van der Waals surface area contributed by atoms with Crippen LogP contribution >= 0.6 is 0 Å². The summed E-state index contributed by atoms with van der Waals surface area (Å²) in [4.78, 5) is 5.18. The molecule has 3 nitrogen and oxygen atoms in total. The standard InChI is InChI=1S/C16H25N3/c1-18-11-13-19(14-12-18)16(7-9-17-10-8-16)15-5-3-2-4-6-15/h2-6,17H,7-14H2,1H3. The van der Waals surface area contributed by atoms with Crippen LogP contribution in [0.25, 0.3) is 0 Å². The molecule has 0 amide bonds. The first kappa shape index (κ1) is 13.1. The molecule has 3 heteroatoms. The van der Waals surface area contributed by atoms with E-state index in [4.69, 9.17) is 0 Å². The third-order valence-electron chi connectivity index (χ3n) is 4.85. The third-order valence-corrected chi connectivity index (χ3v) is 4.85. The molecule has 0 spiro atoms. The number of rotatable bonds is 2. The van der Waals surface area contributed by atoms with Gasteiger partial charge in [-0.2, -0.15) is 0 Å². The Bertz CT molecular complexity index is 390. The monoisotopic (exact) mass is 259 g/mol. The summed E-state index contributed by atoms with van der Waals surface area (Å²) in [5.41, 5.74) is 1.79. The molecule has 0 unspecified atom stereocenters. The minimum Gasteiger partial charge on any atom is -0.317 e. The molecule has 0 radical (unpaired) electrons. The van der Waals surface area contributed by atoms with Gasteiger partial charge in [0.15, 0.2) is 0 Å². The maximum atomic E-state index is 3.52. The predicted octanol–water partition coefficient (Wildman–Crippen LogP) is 1.51. The Balaban J connectivity index is 1.88. The Morgan fingerprint density at radius 1 is 0.947 bits per heavy atom. The van der Waals surface area contributed by atoms with Crippen LogP contribution in [0.4, 0.5) is 0 Å². The number of hydrogen-bond acceptors (Lipinski definition) is 3. The van der Waals surface area contributed by atoms with Crippen LogP contribution < -0.4 is 5.32 Å². The van der Waals surface area contributed by atoms with E-state index in [9.17, 15) is 0 Å². The van der Waals surface area contributed by atoms with Crippen LogP contribution in [0, 0.1) is 0 Å². The van der Waals surface area contributed by atoms with Crippen molar-refractivity contribution in [2.75, 3.05) is 46.3 Å². The van der Waals surface area contributed by atoms with Gasteiger partial charge in [-0.25, -0.2) is 0 Å². The van der Waals surface area contributed by atoms with Gasteiger partial charge in [0.2, 0.25) is 0 Å². The fraction of sp³-hybridized carbons (Fsp3) is 0.625. The van der Waals surface area contributed by atoms with Crippen molar-refractivity contribution in [3.63, 3.8) is 0 Å². The van der Waals surface area contributed by atoms with Gasteiger partial charge >= 0.3 is 0 Å². The van der Waals surface area contributed by atoms with E-state index < -0.39 is 0 Å². The van der Waals surface area contributed by atoms with Crippen LogP contribution in [0.1, 0.15) is 18.4 Å². The predicted molar refractivity (Wildman–Crippen MR) is 79.3 cm³/mol. The van der Waals surface area contributed by atoms with Gasteiger partial charge in [-0.1, -0.05) is 30.3 Å². The fourth-order valence-electron chi connectivity index (χ4n) is 3.61. The molecule has 2 fully saturated rings. The number of hydrogen-bond donors (Lipinski definition) is 1. The Kier molecular flexibility index (Phi) is 3.87.